The van der Waals surface area contributed by atoms with Gasteiger partial charge in [0.05, 0.1) is 7.11 Å². The average molecular weight is 378 g/mol. The smallest absolute Gasteiger partial charge is 0.354 e. The van der Waals surface area contributed by atoms with Crippen molar-refractivity contribution in [1.29, 1.82) is 0 Å². The van der Waals surface area contributed by atoms with Crippen LogP contribution < -0.4 is 0 Å². The Morgan fingerprint density at radius 2 is 1.82 bits per heavy atom. The number of methoxy groups -OCH3 is 1. The summed E-state index contributed by atoms with van der Waals surface area (Å²) in [5, 5.41) is 4.24. The largest absolute Gasteiger partial charge is 0.464 e. The van der Waals surface area contributed by atoms with Crippen LogP contribution in [0.15, 0.2) is 59.8 Å². The number of rotatable bonds is 7. The molecular weight excluding hydrogens is 352 g/mol. The zero-order chi connectivity index (χ0) is 20.3. The molecule has 0 spiro atoms. The van der Waals surface area contributed by atoms with E-state index in [1.807, 2.05) is 59.2 Å². The Bertz CT molecular complexity index is 990. The molecule has 0 amide bonds. The molecule has 0 bridgehead atoms. The minimum Gasteiger partial charge on any atom is -0.464 e. The van der Waals surface area contributed by atoms with Gasteiger partial charge in [-0.1, -0.05) is 54.9 Å². The van der Waals surface area contributed by atoms with Gasteiger partial charge >= 0.3 is 5.97 Å². The van der Waals surface area contributed by atoms with E-state index in [1.54, 1.807) is 0 Å². The van der Waals surface area contributed by atoms with E-state index in [4.69, 9.17) is 4.74 Å². The lowest BCUT2D eigenvalue weighted by Crippen LogP contribution is -2.29. The van der Waals surface area contributed by atoms with Gasteiger partial charge < -0.3 is 9.30 Å². The van der Waals surface area contributed by atoms with Crippen LogP contribution in [0.5, 0.6) is 0 Å². The molecule has 3 rings (SSSR count). The number of esters is 1. The molecule has 0 aliphatic heterocycles. The van der Waals surface area contributed by atoms with E-state index in [9.17, 15) is 9.70 Å². The lowest BCUT2D eigenvalue weighted by Gasteiger charge is -2.29. The third kappa shape index (κ3) is 3.57. The highest BCUT2D eigenvalue weighted by Gasteiger charge is 2.28. The summed E-state index contributed by atoms with van der Waals surface area (Å²) < 4.78 is 7.07. The topological polar surface area (TPSA) is 60.7 Å². The van der Waals surface area contributed by atoms with Crippen LogP contribution in [0.1, 0.15) is 61.3 Å². The van der Waals surface area contributed by atoms with Crippen molar-refractivity contribution < 1.29 is 9.53 Å². The molecular formula is C23H26N2O3. The quantitative estimate of drug-likeness (QED) is 0.384. The van der Waals surface area contributed by atoms with Crippen LogP contribution in [0.2, 0.25) is 0 Å². The van der Waals surface area contributed by atoms with Crippen LogP contribution in [0.25, 0.3) is 10.9 Å². The minimum absolute atomic E-state index is 0.247. The fourth-order valence-corrected chi connectivity index (χ4v) is 3.98. The summed E-state index contributed by atoms with van der Waals surface area (Å²) >= 11 is 0. The van der Waals surface area contributed by atoms with Crippen LogP contribution >= 0.6 is 0 Å². The summed E-state index contributed by atoms with van der Waals surface area (Å²) in [4.78, 5) is 24.0. The van der Waals surface area contributed by atoms with E-state index >= 15 is 0 Å². The maximum Gasteiger partial charge on any atom is 0.354 e. The van der Waals surface area contributed by atoms with Crippen molar-refractivity contribution in [2.75, 3.05) is 7.11 Å². The highest BCUT2D eigenvalue weighted by Crippen LogP contribution is 2.34. The van der Waals surface area contributed by atoms with E-state index in [2.05, 4.69) is 25.9 Å². The van der Waals surface area contributed by atoms with Crippen molar-refractivity contribution in [3.8, 4) is 0 Å². The number of carbonyl (C=O) groups excluding carboxylic acids is 1. The van der Waals surface area contributed by atoms with Crippen molar-refractivity contribution in [3.63, 3.8) is 0 Å². The van der Waals surface area contributed by atoms with Crippen molar-refractivity contribution in [1.82, 2.24) is 4.57 Å². The number of nitroso groups, excluding NO2 is 1. The normalized spacial score (nSPS) is 12.7. The van der Waals surface area contributed by atoms with Gasteiger partial charge in [-0.25, -0.2) is 4.79 Å². The first kappa shape index (κ1) is 19.8. The molecule has 1 aromatic heterocycles. The highest BCUT2D eigenvalue weighted by atomic mass is 16.5. The molecule has 5 heteroatoms. The first-order chi connectivity index (χ1) is 13.4. The third-order valence-corrected chi connectivity index (χ3v) is 5.22. The number of aromatic nitrogens is 1. The Balaban J connectivity index is 2.18. The fraction of sp³-hybridized carbons (Fsp3) is 0.348. The van der Waals surface area contributed by atoms with Crippen LogP contribution in [0, 0.1) is 4.91 Å². The third-order valence-electron chi connectivity index (χ3n) is 5.22. The van der Waals surface area contributed by atoms with Gasteiger partial charge in [-0.3, -0.25) is 0 Å². The number of ether oxygens (including phenoxy) is 1. The molecule has 1 heterocycles. The first-order valence-corrected chi connectivity index (χ1v) is 9.54. The average Bonchev–Trinajstić information content (AvgIpc) is 3.08. The van der Waals surface area contributed by atoms with E-state index in [0.29, 0.717) is 5.69 Å². The Hall–Kier alpha value is -2.95. The second-order valence-electron chi connectivity index (χ2n) is 7.66. The van der Waals surface area contributed by atoms with Gasteiger partial charge in [0.2, 0.25) is 0 Å². The molecule has 28 heavy (non-hydrogen) atoms. The Morgan fingerprint density at radius 1 is 1.11 bits per heavy atom. The molecule has 0 N–H and O–H groups in total. The molecule has 5 nitrogen and oxygen atoms in total. The number of hydrogen-bond donors (Lipinski definition) is 0. The molecule has 3 aromatic rings. The van der Waals surface area contributed by atoms with Gasteiger partial charge in [-0.05, 0) is 49.6 Å². The molecule has 0 aliphatic carbocycles. The number of fused-ring (bicyclic) bond motifs is 1. The molecule has 0 fully saturated rings. The van der Waals surface area contributed by atoms with Crippen LogP contribution in [-0.2, 0) is 10.3 Å². The number of carbonyl (C=O) groups is 1. The first-order valence-electron chi connectivity index (χ1n) is 9.54. The summed E-state index contributed by atoms with van der Waals surface area (Å²) in [6, 6.07) is 16.6. The summed E-state index contributed by atoms with van der Waals surface area (Å²) in [6.45, 7) is 6.37. The van der Waals surface area contributed by atoms with E-state index < -0.39 is 6.04 Å². The SMILES string of the molecule is CCCC(C)(C)n1c(C(=O)OC)cc2cc(C(N=O)c3ccccc3)ccc21. The lowest BCUT2D eigenvalue weighted by molar-refractivity contribution is 0.0580. The van der Waals surface area contributed by atoms with Gasteiger partial charge in [-0.2, -0.15) is 0 Å². The van der Waals surface area contributed by atoms with Crippen LogP contribution in [0.3, 0.4) is 0 Å². The van der Waals surface area contributed by atoms with Gasteiger partial charge in [-0.15, -0.1) is 4.91 Å². The Morgan fingerprint density at radius 3 is 2.43 bits per heavy atom. The fourth-order valence-electron chi connectivity index (χ4n) is 3.98. The molecule has 0 saturated heterocycles. The van der Waals surface area contributed by atoms with Crippen molar-refractivity contribution in [2.45, 2.75) is 45.2 Å². The van der Waals surface area contributed by atoms with Crippen LogP contribution in [0.4, 0.5) is 0 Å². The maximum absolute atomic E-state index is 12.4. The number of nitrogens with zero attached hydrogens (tertiary/aromatic N) is 2. The second-order valence-corrected chi connectivity index (χ2v) is 7.66. The molecule has 0 saturated carbocycles. The summed E-state index contributed by atoms with van der Waals surface area (Å²) in [5.41, 5.74) is 2.86. The highest BCUT2D eigenvalue weighted by molar-refractivity contribution is 5.96. The molecule has 1 atom stereocenters. The monoisotopic (exact) mass is 378 g/mol. The van der Waals surface area contributed by atoms with Gasteiger partial charge in [0, 0.05) is 16.4 Å². The van der Waals surface area contributed by atoms with Crippen molar-refractivity contribution in [2.24, 2.45) is 5.18 Å². The predicted molar refractivity (Wildman–Crippen MR) is 112 cm³/mol. The summed E-state index contributed by atoms with van der Waals surface area (Å²) in [7, 11) is 1.39. The Kier molecular flexibility index (Phi) is 5.63. The zero-order valence-electron chi connectivity index (χ0n) is 16.8. The predicted octanol–water partition coefficient (Wildman–Crippen LogP) is 5.82. The lowest BCUT2D eigenvalue weighted by atomic mass is 9.97. The molecule has 2 aromatic carbocycles. The molecule has 1 unspecified atom stereocenters. The molecule has 0 aliphatic rings. The summed E-state index contributed by atoms with van der Waals surface area (Å²) in [5.74, 6) is -0.366. The van der Waals surface area contributed by atoms with Crippen LogP contribution in [-0.4, -0.2) is 17.6 Å². The van der Waals surface area contributed by atoms with Gasteiger partial charge in [0.1, 0.15) is 11.7 Å². The number of hydrogen-bond acceptors (Lipinski definition) is 4. The summed E-state index contributed by atoms with van der Waals surface area (Å²) in [6.07, 6.45) is 1.92. The number of benzene rings is 2. The van der Waals surface area contributed by atoms with E-state index in [-0.39, 0.29) is 11.5 Å². The van der Waals surface area contributed by atoms with Crippen molar-refractivity contribution in [3.05, 3.63) is 76.3 Å². The molecule has 146 valence electrons. The standard InChI is InChI=1S/C23H26N2O3/c1-5-13-23(2,3)25-19-12-11-17(14-18(19)15-20(25)22(26)28-4)21(24-27)16-9-7-6-8-10-16/h6-12,14-15,21H,5,13H2,1-4H3. The Labute approximate surface area is 165 Å². The second kappa shape index (κ2) is 7.97. The minimum atomic E-state index is -0.584. The van der Waals surface area contributed by atoms with E-state index in [0.717, 1.165) is 34.9 Å². The van der Waals surface area contributed by atoms with Crippen molar-refractivity contribution >= 4 is 16.9 Å². The maximum atomic E-state index is 12.4. The van der Waals surface area contributed by atoms with Gasteiger partial charge in [0.25, 0.3) is 0 Å². The van der Waals surface area contributed by atoms with E-state index in [1.165, 1.54) is 7.11 Å². The zero-order valence-corrected chi connectivity index (χ0v) is 16.8. The molecule has 0 radical (unpaired) electrons. The van der Waals surface area contributed by atoms with Gasteiger partial charge in [0.15, 0.2) is 0 Å².